The molecule has 136 valence electrons. The summed E-state index contributed by atoms with van der Waals surface area (Å²) < 4.78 is 53.5. The maximum Gasteiger partial charge on any atom is 0.387 e. The summed E-state index contributed by atoms with van der Waals surface area (Å²) in [4.78, 5) is 4.28. The lowest BCUT2D eigenvalue weighted by Gasteiger charge is -2.12. The second-order valence-electron chi connectivity index (χ2n) is 4.77. The van der Waals surface area contributed by atoms with Gasteiger partial charge >= 0.3 is 6.61 Å². The molecule has 0 spiro atoms. The second kappa shape index (κ2) is 10.0. The van der Waals surface area contributed by atoms with Gasteiger partial charge in [-0.15, -0.1) is 0 Å². The van der Waals surface area contributed by atoms with Crippen molar-refractivity contribution in [2.45, 2.75) is 20.1 Å². The lowest BCUT2D eigenvalue weighted by atomic mass is 10.2. The summed E-state index contributed by atoms with van der Waals surface area (Å²) in [6, 6.07) is 6.41. The molecule has 0 aliphatic rings. The van der Waals surface area contributed by atoms with Crippen molar-refractivity contribution in [2.75, 3.05) is 25.9 Å². The van der Waals surface area contributed by atoms with Gasteiger partial charge in [0.15, 0.2) is 5.96 Å². The van der Waals surface area contributed by atoms with E-state index in [4.69, 9.17) is 0 Å². The topological polar surface area (TPSA) is 91.8 Å². The van der Waals surface area contributed by atoms with Crippen molar-refractivity contribution in [1.82, 2.24) is 15.4 Å². The first-order valence-corrected chi connectivity index (χ1v) is 9.20. The Labute approximate surface area is 140 Å². The summed E-state index contributed by atoms with van der Waals surface area (Å²) in [5, 5.41) is 5.93. The number of nitrogens with one attached hydrogen (secondary N) is 3. The van der Waals surface area contributed by atoms with Gasteiger partial charge in [-0.25, -0.2) is 18.1 Å². The molecule has 0 aliphatic carbocycles. The number of rotatable bonds is 9. The van der Waals surface area contributed by atoms with Gasteiger partial charge in [0.1, 0.15) is 5.75 Å². The average Bonchev–Trinajstić information content (AvgIpc) is 2.48. The standard InChI is InChI=1S/C14H22F2N4O3S/c1-3-17-14(18-8-9-20-24(2,21)22)19-10-11-6-4-5-7-12(11)23-13(15)16/h4-7,13,20H,3,8-10H2,1-2H3,(H2,17,18,19). The van der Waals surface area contributed by atoms with Gasteiger partial charge in [0, 0.05) is 25.2 Å². The van der Waals surface area contributed by atoms with Crippen LogP contribution in [0.1, 0.15) is 12.5 Å². The molecular weight excluding hydrogens is 342 g/mol. The number of sulfonamides is 1. The van der Waals surface area contributed by atoms with Gasteiger partial charge in [-0.2, -0.15) is 8.78 Å². The molecule has 0 amide bonds. The minimum absolute atomic E-state index is 0.0749. The van der Waals surface area contributed by atoms with Gasteiger partial charge in [0.25, 0.3) is 0 Å². The summed E-state index contributed by atoms with van der Waals surface area (Å²) in [5.74, 6) is 0.519. The maximum atomic E-state index is 12.4. The van der Waals surface area contributed by atoms with Crippen LogP contribution in [0.3, 0.4) is 0 Å². The van der Waals surface area contributed by atoms with Crippen molar-refractivity contribution >= 4 is 16.0 Å². The molecule has 3 N–H and O–H groups in total. The van der Waals surface area contributed by atoms with E-state index in [1.807, 2.05) is 6.92 Å². The average molecular weight is 364 g/mol. The van der Waals surface area contributed by atoms with Crippen LogP contribution in [0.5, 0.6) is 5.75 Å². The molecule has 0 bridgehead atoms. The molecule has 0 aromatic heterocycles. The zero-order valence-corrected chi connectivity index (χ0v) is 14.4. The van der Waals surface area contributed by atoms with Crippen molar-refractivity contribution in [3.8, 4) is 5.75 Å². The van der Waals surface area contributed by atoms with Crippen molar-refractivity contribution in [1.29, 1.82) is 0 Å². The first kappa shape index (κ1) is 20.1. The number of hydrogen-bond acceptors (Lipinski definition) is 4. The second-order valence-corrected chi connectivity index (χ2v) is 6.61. The Bertz CT molecular complexity index is 639. The monoisotopic (exact) mass is 364 g/mol. The fourth-order valence-electron chi connectivity index (χ4n) is 1.77. The Hall–Kier alpha value is -1.94. The van der Waals surface area contributed by atoms with E-state index in [1.165, 1.54) is 6.07 Å². The maximum absolute atomic E-state index is 12.4. The SMILES string of the molecule is CCNC(=NCc1ccccc1OC(F)F)NCCNS(C)(=O)=O. The van der Waals surface area contributed by atoms with Gasteiger partial charge in [-0.05, 0) is 13.0 Å². The van der Waals surface area contributed by atoms with E-state index in [2.05, 4.69) is 25.1 Å². The molecule has 0 saturated carbocycles. The van der Waals surface area contributed by atoms with Crippen molar-refractivity contribution in [3.05, 3.63) is 29.8 Å². The summed E-state index contributed by atoms with van der Waals surface area (Å²) >= 11 is 0. The fraction of sp³-hybridized carbons (Fsp3) is 0.500. The van der Waals surface area contributed by atoms with Crippen molar-refractivity contribution < 1.29 is 21.9 Å². The molecule has 1 rings (SSSR count). The third-order valence-corrected chi connectivity index (χ3v) is 3.45. The highest BCUT2D eigenvalue weighted by Gasteiger charge is 2.09. The number of guanidine groups is 1. The number of para-hydroxylation sites is 1. The molecule has 1 aromatic rings. The van der Waals surface area contributed by atoms with E-state index in [0.29, 0.717) is 24.6 Å². The lowest BCUT2D eigenvalue weighted by Crippen LogP contribution is -2.41. The van der Waals surface area contributed by atoms with Crippen LogP contribution in [0.4, 0.5) is 8.78 Å². The van der Waals surface area contributed by atoms with E-state index in [0.717, 1.165) is 6.26 Å². The summed E-state index contributed by atoms with van der Waals surface area (Å²) in [5.41, 5.74) is 0.518. The molecule has 0 radical (unpaired) electrons. The Balaban J connectivity index is 2.65. The van der Waals surface area contributed by atoms with Crippen molar-refractivity contribution in [3.63, 3.8) is 0 Å². The van der Waals surface area contributed by atoms with E-state index in [1.54, 1.807) is 18.2 Å². The molecule has 0 fully saturated rings. The van der Waals surface area contributed by atoms with Gasteiger partial charge in [-0.3, -0.25) is 0 Å². The Kier molecular flexibility index (Phi) is 8.41. The number of nitrogens with zero attached hydrogens (tertiary/aromatic N) is 1. The van der Waals surface area contributed by atoms with Gasteiger partial charge < -0.3 is 15.4 Å². The minimum Gasteiger partial charge on any atom is -0.434 e. The van der Waals surface area contributed by atoms with Crippen LogP contribution in [0.25, 0.3) is 0 Å². The van der Waals surface area contributed by atoms with Crippen LogP contribution >= 0.6 is 0 Å². The van der Waals surface area contributed by atoms with E-state index in [9.17, 15) is 17.2 Å². The smallest absolute Gasteiger partial charge is 0.387 e. The van der Waals surface area contributed by atoms with Gasteiger partial charge in [-0.1, -0.05) is 18.2 Å². The first-order valence-electron chi connectivity index (χ1n) is 7.31. The van der Waals surface area contributed by atoms with Crippen LogP contribution < -0.4 is 20.1 Å². The van der Waals surface area contributed by atoms with E-state index >= 15 is 0 Å². The Morgan fingerprint density at radius 1 is 1.25 bits per heavy atom. The molecule has 0 unspecified atom stereocenters. The molecule has 10 heteroatoms. The minimum atomic E-state index is -3.24. The number of halogens is 2. The normalized spacial score (nSPS) is 12.3. The van der Waals surface area contributed by atoms with Crippen LogP contribution in [-0.4, -0.2) is 46.9 Å². The summed E-state index contributed by atoms with van der Waals surface area (Å²) in [6.45, 7) is 0.240. The third kappa shape index (κ3) is 8.63. The zero-order chi connectivity index (χ0) is 18.0. The first-order chi connectivity index (χ1) is 11.3. The molecule has 0 aliphatic heterocycles. The quantitative estimate of drug-likeness (QED) is 0.344. The number of hydrogen-bond donors (Lipinski definition) is 3. The van der Waals surface area contributed by atoms with Crippen molar-refractivity contribution in [2.24, 2.45) is 4.99 Å². The fourth-order valence-corrected chi connectivity index (χ4v) is 2.24. The number of benzene rings is 1. The van der Waals surface area contributed by atoms with Crippen LogP contribution in [0, 0.1) is 0 Å². The number of alkyl halides is 2. The number of ether oxygens (including phenoxy) is 1. The Morgan fingerprint density at radius 3 is 2.58 bits per heavy atom. The third-order valence-electron chi connectivity index (χ3n) is 2.72. The molecule has 1 aromatic carbocycles. The molecule has 7 nitrogen and oxygen atoms in total. The van der Waals surface area contributed by atoms with E-state index < -0.39 is 16.6 Å². The van der Waals surface area contributed by atoms with Crippen LogP contribution in [0.2, 0.25) is 0 Å². The van der Waals surface area contributed by atoms with Gasteiger partial charge in [0.2, 0.25) is 10.0 Å². The lowest BCUT2D eigenvalue weighted by molar-refractivity contribution is -0.0504. The molecular formula is C14H22F2N4O3S. The van der Waals surface area contributed by atoms with Crippen LogP contribution in [-0.2, 0) is 16.6 Å². The predicted octanol–water partition coefficient (Wildman–Crippen LogP) is 0.892. The van der Waals surface area contributed by atoms with E-state index in [-0.39, 0.29) is 18.8 Å². The summed E-state index contributed by atoms with van der Waals surface area (Å²) in [6.07, 6.45) is 1.08. The molecule has 0 heterocycles. The Morgan fingerprint density at radius 2 is 1.96 bits per heavy atom. The molecule has 24 heavy (non-hydrogen) atoms. The summed E-state index contributed by atoms with van der Waals surface area (Å²) in [7, 11) is -3.24. The highest BCUT2D eigenvalue weighted by atomic mass is 32.2. The number of aliphatic imine (C=N–C) groups is 1. The molecule has 0 atom stereocenters. The predicted molar refractivity (Wildman–Crippen MR) is 88.7 cm³/mol. The highest BCUT2D eigenvalue weighted by Crippen LogP contribution is 2.20. The van der Waals surface area contributed by atoms with Gasteiger partial charge in [0.05, 0.1) is 12.8 Å². The zero-order valence-electron chi connectivity index (χ0n) is 13.6. The van der Waals surface area contributed by atoms with Crippen LogP contribution in [0.15, 0.2) is 29.3 Å². The largest absolute Gasteiger partial charge is 0.434 e. The highest BCUT2D eigenvalue weighted by molar-refractivity contribution is 7.88. The molecule has 0 saturated heterocycles.